The number of carbonyl (C=O) groups is 1. The van der Waals surface area contributed by atoms with Crippen molar-refractivity contribution >= 4 is 62.5 Å². The van der Waals surface area contributed by atoms with Crippen LogP contribution < -0.4 is 14.8 Å². The number of nitrogens with one attached hydrogen (secondary N) is 1. The number of amides is 1. The van der Waals surface area contributed by atoms with Crippen molar-refractivity contribution < 1.29 is 23.6 Å². The van der Waals surface area contributed by atoms with Crippen LogP contribution in [0.15, 0.2) is 58.6 Å². The van der Waals surface area contributed by atoms with Gasteiger partial charge in [0.25, 0.3) is 11.6 Å². The van der Waals surface area contributed by atoms with E-state index in [1.54, 1.807) is 30.3 Å². The number of benzene rings is 3. The first kappa shape index (κ1) is 26.9. The van der Waals surface area contributed by atoms with E-state index < -0.39 is 10.8 Å². The summed E-state index contributed by atoms with van der Waals surface area (Å²) in [6.07, 6.45) is 1.31. The van der Waals surface area contributed by atoms with Crippen LogP contribution >= 0.6 is 39.1 Å². The maximum absolute atomic E-state index is 13.1. The van der Waals surface area contributed by atoms with E-state index in [0.717, 1.165) is 17.7 Å². The molecule has 0 aliphatic heterocycles. The molecule has 12 heteroatoms. The van der Waals surface area contributed by atoms with Crippen molar-refractivity contribution in [3.8, 4) is 17.6 Å². The number of methoxy groups -OCH3 is 1. The monoisotopic (exact) mass is 593 g/mol. The fraction of sp³-hybridized carbons (Fsp3) is 0.0833. The summed E-state index contributed by atoms with van der Waals surface area (Å²) in [5.74, 6) is -0.505. The summed E-state index contributed by atoms with van der Waals surface area (Å²) in [7, 11) is 1.43. The second-order valence-corrected chi connectivity index (χ2v) is 8.78. The van der Waals surface area contributed by atoms with Gasteiger partial charge in [-0.3, -0.25) is 14.9 Å². The maximum atomic E-state index is 13.1. The van der Waals surface area contributed by atoms with Crippen molar-refractivity contribution in [3.63, 3.8) is 0 Å². The molecule has 3 aromatic carbocycles. The van der Waals surface area contributed by atoms with Crippen molar-refractivity contribution in [1.29, 1.82) is 5.26 Å². The second kappa shape index (κ2) is 11.9. The Morgan fingerprint density at radius 1 is 1.22 bits per heavy atom. The van der Waals surface area contributed by atoms with Crippen molar-refractivity contribution in [1.82, 2.24) is 0 Å². The van der Waals surface area contributed by atoms with E-state index in [4.69, 9.17) is 32.7 Å². The molecule has 0 saturated carbocycles. The van der Waals surface area contributed by atoms with E-state index in [1.165, 1.54) is 25.3 Å². The molecule has 0 saturated heterocycles. The van der Waals surface area contributed by atoms with Gasteiger partial charge in [-0.2, -0.15) is 5.26 Å². The molecule has 3 rings (SSSR count). The van der Waals surface area contributed by atoms with Gasteiger partial charge in [0.05, 0.1) is 32.2 Å². The Kier molecular flexibility index (Phi) is 8.88. The molecule has 0 fully saturated rings. The van der Waals surface area contributed by atoms with Crippen LogP contribution in [0, 0.1) is 27.3 Å². The number of nitrogens with zero attached hydrogens (tertiary/aromatic N) is 2. The Morgan fingerprint density at radius 2 is 1.86 bits per heavy atom. The van der Waals surface area contributed by atoms with Crippen LogP contribution in [0.2, 0.25) is 10.0 Å². The third-order valence-electron chi connectivity index (χ3n) is 4.70. The van der Waals surface area contributed by atoms with Crippen LogP contribution in [-0.4, -0.2) is 17.9 Å². The molecule has 3 aromatic rings. The van der Waals surface area contributed by atoms with Gasteiger partial charge < -0.3 is 14.8 Å². The van der Waals surface area contributed by atoms with E-state index in [2.05, 4.69) is 21.2 Å². The topological polar surface area (TPSA) is 114 Å². The first-order valence-electron chi connectivity index (χ1n) is 9.94. The average Bonchev–Trinajstić information content (AvgIpc) is 2.84. The highest BCUT2D eigenvalue weighted by Gasteiger charge is 2.19. The lowest BCUT2D eigenvalue weighted by Crippen LogP contribution is -2.14. The maximum Gasteiger partial charge on any atom is 0.272 e. The molecular weight excluding hydrogens is 580 g/mol. The number of non-ortho nitro benzene ring substituents is 1. The summed E-state index contributed by atoms with van der Waals surface area (Å²) in [6, 6.07) is 12.9. The fourth-order valence-electron chi connectivity index (χ4n) is 2.98. The third kappa shape index (κ3) is 6.51. The molecule has 184 valence electrons. The molecule has 0 spiro atoms. The normalized spacial score (nSPS) is 10.9. The average molecular weight is 595 g/mol. The Hall–Kier alpha value is -3.65. The molecule has 0 unspecified atom stereocenters. The zero-order valence-corrected chi connectivity index (χ0v) is 21.4. The van der Waals surface area contributed by atoms with Crippen LogP contribution in [0.5, 0.6) is 11.5 Å². The van der Waals surface area contributed by atoms with E-state index in [-0.39, 0.29) is 39.4 Å². The summed E-state index contributed by atoms with van der Waals surface area (Å²) in [5, 5.41) is 22.6. The summed E-state index contributed by atoms with van der Waals surface area (Å²) >= 11 is 15.5. The zero-order chi connectivity index (χ0) is 26.4. The number of nitro benzene ring substituents is 1. The summed E-state index contributed by atoms with van der Waals surface area (Å²) in [4.78, 5) is 23.0. The lowest BCUT2D eigenvalue weighted by Gasteiger charge is -2.14. The van der Waals surface area contributed by atoms with E-state index in [0.29, 0.717) is 21.5 Å². The highest BCUT2D eigenvalue weighted by atomic mass is 79.9. The summed E-state index contributed by atoms with van der Waals surface area (Å²) in [6.45, 7) is 0.146. The summed E-state index contributed by atoms with van der Waals surface area (Å²) < 4.78 is 24.8. The first-order valence-corrected chi connectivity index (χ1v) is 11.5. The summed E-state index contributed by atoms with van der Waals surface area (Å²) in [5.41, 5.74) is 0.451. The largest absolute Gasteiger partial charge is 0.493 e. The van der Waals surface area contributed by atoms with Crippen LogP contribution in [0.1, 0.15) is 11.1 Å². The SMILES string of the molecule is COc1cc(/C=C(\C#N)C(=O)Nc2c(Cl)cc([N+](=O)[O-])cc2Cl)cc(Br)c1OCc1ccc(F)cc1. The van der Waals surface area contributed by atoms with Crippen molar-refractivity contribution in [2.24, 2.45) is 0 Å². The minimum Gasteiger partial charge on any atom is -0.493 e. The van der Waals surface area contributed by atoms with Gasteiger partial charge >= 0.3 is 0 Å². The number of anilines is 1. The first-order chi connectivity index (χ1) is 17.1. The number of nitro groups is 1. The number of carbonyl (C=O) groups excluding carboxylic acids is 1. The Labute approximate surface area is 223 Å². The van der Waals surface area contributed by atoms with E-state index in [1.807, 2.05) is 0 Å². The quantitative estimate of drug-likeness (QED) is 0.131. The molecule has 1 N–H and O–H groups in total. The molecule has 0 bridgehead atoms. The van der Waals surface area contributed by atoms with Gasteiger partial charge in [-0.05, 0) is 57.4 Å². The van der Waals surface area contributed by atoms with Gasteiger partial charge in [-0.1, -0.05) is 35.3 Å². The van der Waals surface area contributed by atoms with Crippen LogP contribution in [0.3, 0.4) is 0 Å². The molecular formula is C24H15BrCl2FN3O5. The predicted octanol–water partition coefficient (Wildman–Crippen LogP) is 6.94. The lowest BCUT2D eigenvalue weighted by atomic mass is 10.1. The smallest absolute Gasteiger partial charge is 0.272 e. The number of rotatable bonds is 8. The van der Waals surface area contributed by atoms with Crippen LogP contribution in [-0.2, 0) is 11.4 Å². The second-order valence-electron chi connectivity index (χ2n) is 7.11. The fourth-order valence-corrected chi connectivity index (χ4v) is 4.12. The lowest BCUT2D eigenvalue weighted by molar-refractivity contribution is -0.384. The van der Waals surface area contributed by atoms with Crippen molar-refractivity contribution in [2.75, 3.05) is 12.4 Å². The van der Waals surface area contributed by atoms with Crippen LogP contribution in [0.25, 0.3) is 6.08 Å². The van der Waals surface area contributed by atoms with E-state index >= 15 is 0 Å². The molecule has 0 heterocycles. The number of hydrogen-bond donors (Lipinski definition) is 1. The molecule has 0 aliphatic carbocycles. The van der Waals surface area contributed by atoms with Gasteiger partial charge in [0, 0.05) is 12.1 Å². The Balaban J connectivity index is 1.84. The zero-order valence-electron chi connectivity index (χ0n) is 18.4. The standard InChI is InChI=1S/C24H15BrCl2FN3O5/c1-35-21-8-14(7-18(25)23(21)36-12-13-2-4-16(28)5-3-13)6-15(11-29)24(32)30-22-19(26)9-17(31(33)34)10-20(22)27/h2-10H,12H2,1H3,(H,30,32)/b15-6+. The van der Waals surface area contributed by atoms with Gasteiger partial charge in [-0.25, -0.2) is 4.39 Å². The van der Waals surface area contributed by atoms with Gasteiger partial charge in [0.2, 0.25) is 0 Å². The molecule has 1 amide bonds. The van der Waals surface area contributed by atoms with E-state index in [9.17, 15) is 24.6 Å². The van der Waals surface area contributed by atoms with Crippen LogP contribution in [0.4, 0.5) is 15.8 Å². The highest BCUT2D eigenvalue weighted by molar-refractivity contribution is 9.10. The van der Waals surface area contributed by atoms with Gasteiger partial charge in [-0.15, -0.1) is 0 Å². The molecule has 0 aromatic heterocycles. The number of nitriles is 1. The molecule has 36 heavy (non-hydrogen) atoms. The minimum atomic E-state index is -0.832. The number of halogens is 4. The highest BCUT2D eigenvalue weighted by Crippen LogP contribution is 2.38. The predicted molar refractivity (Wildman–Crippen MR) is 137 cm³/mol. The Bertz CT molecular complexity index is 1390. The number of ether oxygens (including phenoxy) is 2. The van der Waals surface area contributed by atoms with Gasteiger partial charge in [0.1, 0.15) is 24.1 Å². The molecule has 0 radical (unpaired) electrons. The molecule has 0 atom stereocenters. The van der Waals surface area contributed by atoms with Crippen molar-refractivity contribution in [2.45, 2.75) is 6.61 Å². The minimum absolute atomic E-state index is 0.0709. The van der Waals surface area contributed by atoms with Gasteiger partial charge in [0.15, 0.2) is 11.5 Å². The molecule has 8 nitrogen and oxygen atoms in total. The number of hydrogen-bond acceptors (Lipinski definition) is 6. The Morgan fingerprint density at radius 3 is 2.42 bits per heavy atom. The third-order valence-corrected chi connectivity index (χ3v) is 5.89. The van der Waals surface area contributed by atoms with Crippen molar-refractivity contribution in [3.05, 3.63) is 95.7 Å². The molecule has 0 aliphatic rings.